The van der Waals surface area contributed by atoms with E-state index < -0.39 is 35.5 Å². The Labute approximate surface area is 75.8 Å². The van der Waals surface area contributed by atoms with Crippen molar-refractivity contribution in [1.29, 1.82) is 0 Å². The van der Waals surface area contributed by atoms with Crippen LogP contribution in [0.25, 0.3) is 0 Å². The van der Waals surface area contributed by atoms with E-state index in [1.165, 1.54) is 0 Å². The molecule has 14 heavy (non-hydrogen) atoms. The fourth-order valence-corrected chi connectivity index (χ4v) is 0.962. The fourth-order valence-electron chi connectivity index (χ4n) is 0.962. The van der Waals surface area contributed by atoms with Gasteiger partial charge in [0.25, 0.3) is 6.43 Å². The molecule has 1 unspecified atom stereocenters. The van der Waals surface area contributed by atoms with Gasteiger partial charge in [0.05, 0.1) is 5.56 Å². The molecule has 0 aromatic heterocycles. The Morgan fingerprint density at radius 2 is 1.43 bits per heavy atom. The van der Waals surface area contributed by atoms with Crippen LogP contribution in [0.1, 0.15) is 11.7 Å². The summed E-state index contributed by atoms with van der Waals surface area (Å²) in [6, 6.07) is 0.452. The monoisotopic (exact) mass is 212 g/mol. The summed E-state index contributed by atoms with van der Waals surface area (Å²) in [5.74, 6) is -4.30. The number of aliphatic hydroxyl groups is 1. The molecule has 0 aliphatic carbocycles. The molecule has 78 valence electrons. The van der Waals surface area contributed by atoms with E-state index in [9.17, 15) is 22.0 Å². The van der Waals surface area contributed by atoms with Crippen LogP contribution >= 0.6 is 0 Å². The third kappa shape index (κ3) is 2.01. The Hall–Kier alpha value is -1.17. The Kier molecular flexibility index (Phi) is 3.05. The molecular weight excluding hydrogens is 207 g/mol. The van der Waals surface area contributed by atoms with Gasteiger partial charge in [-0.2, -0.15) is 0 Å². The Bertz CT molecular complexity index is 315. The Balaban J connectivity index is 3.20. The minimum Gasteiger partial charge on any atom is -0.382 e. The van der Waals surface area contributed by atoms with Gasteiger partial charge in [0, 0.05) is 12.1 Å². The summed E-state index contributed by atoms with van der Waals surface area (Å²) in [4.78, 5) is 0. The zero-order valence-corrected chi connectivity index (χ0v) is 6.65. The minimum absolute atomic E-state index is 0.226. The highest BCUT2D eigenvalue weighted by Gasteiger charge is 2.26. The van der Waals surface area contributed by atoms with Crippen molar-refractivity contribution >= 4 is 0 Å². The first-order valence-corrected chi connectivity index (χ1v) is 3.54. The molecule has 0 amide bonds. The molecule has 0 heterocycles. The summed E-state index contributed by atoms with van der Waals surface area (Å²) < 4.78 is 61.6. The van der Waals surface area contributed by atoms with Gasteiger partial charge in [-0.25, -0.2) is 22.0 Å². The van der Waals surface area contributed by atoms with Gasteiger partial charge in [-0.05, 0) is 0 Å². The largest absolute Gasteiger partial charge is 0.382 e. The number of benzene rings is 1. The molecule has 0 aliphatic rings. The molecule has 0 radical (unpaired) electrons. The number of hydrogen-bond acceptors (Lipinski definition) is 1. The maximum atomic E-state index is 12.7. The van der Waals surface area contributed by atoms with Crippen LogP contribution < -0.4 is 0 Å². The van der Waals surface area contributed by atoms with Crippen LogP contribution in [-0.2, 0) is 0 Å². The van der Waals surface area contributed by atoms with Crippen molar-refractivity contribution in [2.75, 3.05) is 0 Å². The molecule has 0 saturated heterocycles. The molecule has 1 aromatic carbocycles. The van der Waals surface area contributed by atoms with Gasteiger partial charge in [0.2, 0.25) is 0 Å². The SMILES string of the molecule is OC(c1c(F)cc(F)cc1F)C(F)F. The molecule has 1 atom stereocenters. The summed E-state index contributed by atoms with van der Waals surface area (Å²) in [6.07, 6.45) is -5.92. The van der Waals surface area contributed by atoms with E-state index in [0.717, 1.165) is 0 Å². The first-order chi connectivity index (χ1) is 6.43. The molecule has 0 fully saturated rings. The minimum atomic E-state index is -3.33. The quantitative estimate of drug-likeness (QED) is 0.746. The van der Waals surface area contributed by atoms with Crippen LogP contribution in [0.5, 0.6) is 0 Å². The van der Waals surface area contributed by atoms with Crippen molar-refractivity contribution in [3.63, 3.8) is 0 Å². The van der Waals surface area contributed by atoms with E-state index >= 15 is 0 Å². The van der Waals surface area contributed by atoms with Crippen molar-refractivity contribution in [3.8, 4) is 0 Å². The van der Waals surface area contributed by atoms with Gasteiger partial charge in [0.15, 0.2) is 0 Å². The van der Waals surface area contributed by atoms with Crippen LogP contribution in [0.2, 0.25) is 0 Å². The first-order valence-electron chi connectivity index (χ1n) is 3.54. The molecule has 1 rings (SSSR count). The molecule has 0 aliphatic heterocycles. The number of alkyl halides is 2. The van der Waals surface area contributed by atoms with Crippen molar-refractivity contribution in [2.45, 2.75) is 12.5 Å². The number of hydrogen-bond donors (Lipinski definition) is 1. The van der Waals surface area contributed by atoms with E-state index in [0.29, 0.717) is 0 Å². The molecule has 0 saturated carbocycles. The van der Waals surface area contributed by atoms with E-state index in [1.54, 1.807) is 0 Å². The zero-order valence-electron chi connectivity index (χ0n) is 6.65. The lowest BCUT2D eigenvalue weighted by Crippen LogP contribution is -2.12. The predicted octanol–water partition coefficient (Wildman–Crippen LogP) is 2.40. The van der Waals surface area contributed by atoms with Crippen LogP contribution in [0.4, 0.5) is 22.0 Å². The third-order valence-electron chi connectivity index (χ3n) is 1.58. The highest BCUT2D eigenvalue weighted by Crippen LogP contribution is 2.26. The fraction of sp³-hybridized carbons (Fsp3) is 0.250. The summed E-state index contributed by atoms with van der Waals surface area (Å²) in [7, 11) is 0. The second-order valence-corrected chi connectivity index (χ2v) is 2.56. The smallest absolute Gasteiger partial charge is 0.268 e. The lowest BCUT2D eigenvalue weighted by Gasteiger charge is -2.11. The van der Waals surface area contributed by atoms with Gasteiger partial charge < -0.3 is 5.11 Å². The highest BCUT2D eigenvalue weighted by atomic mass is 19.3. The zero-order chi connectivity index (χ0) is 10.9. The van der Waals surface area contributed by atoms with Gasteiger partial charge in [0.1, 0.15) is 23.6 Å². The van der Waals surface area contributed by atoms with Crippen LogP contribution in [0, 0.1) is 17.5 Å². The van der Waals surface area contributed by atoms with Crippen molar-refractivity contribution in [3.05, 3.63) is 35.1 Å². The average Bonchev–Trinajstić information content (AvgIpc) is 2.01. The summed E-state index contributed by atoms with van der Waals surface area (Å²) in [6.45, 7) is 0. The second kappa shape index (κ2) is 3.91. The van der Waals surface area contributed by atoms with E-state index in [2.05, 4.69) is 0 Å². The molecule has 1 aromatic rings. The number of halogens is 5. The maximum Gasteiger partial charge on any atom is 0.268 e. The molecule has 1 nitrogen and oxygen atoms in total. The number of aliphatic hydroxyl groups excluding tert-OH is 1. The summed E-state index contributed by atoms with van der Waals surface area (Å²) in [5.41, 5.74) is -1.22. The standard InChI is InChI=1S/C8H5F5O/c9-3-1-4(10)6(5(11)2-3)7(14)8(12)13/h1-2,7-8,14H. The Morgan fingerprint density at radius 3 is 1.79 bits per heavy atom. The normalized spacial score (nSPS) is 13.4. The van der Waals surface area contributed by atoms with Crippen LogP contribution in [-0.4, -0.2) is 11.5 Å². The molecule has 0 bridgehead atoms. The Morgan fingerprint density at radius 1 is 1.00 bits per heavy atom. The third-order valence-corrected chi connectivity index (χ3v) is 1.58. The topological polar surface area (TPSA) is 20.2 Å². The van der Waals surface area contributed by atoms with Crippen molar-refractivity contribution < 1.29 is 27.1 Å². The van der Waals surface area contributed by atoms with E-state index in [1.807, 2.05) is 0 Å². The van der Waals surface area contributed by atoms with Gasteiger partial charge in [-0.3, -0.25) is 0 Å². The molecular formula is C8H5F5O. The van der Waals surface area contributed by atoms with E-state index in [4.69, 9.17) is 5.11 Å². The van der Waals surface area contributed by atoms with Crippen molar-refractivity contribution in [1.82, 2.24) is 0 Å². The van der Waals surface area contributed by atoms with Gasteiger partial charge in [-0.1, -0.05) is 0 Å². The molecule has 6 heteroatoms. The van der Waals surface area contributed by atoms with Crippen molar-refractivity contribution in [2.24, 2.45) is 0 Å². The lowest BCUT2D eigenvalue weighted by atomic mass is 10.1. The maximum absolute atomic E-state index is 12.7. The highest BCUT2D eigenvalue weighted by molar-refractivity contribution is 5.23. The van der Waals surface area contributed by atoms with Crippen LogP contribution in [0.3, 0.4) is 0 Å². The van der Waals surface area contributed by atoms with Gasteiger partial charge in [-0.15, -0.1) is 0 Å². The summed E-state index contributed by atoms with van der Waals surface area (Å²) >= 11 is 0. The number of rotatable bonds is 2. The predicted molar refractivity (Wildman–Crippen MR) is 37.3 cm³/mol. The average molecular weight is 212 g/mol. The van der Waals surface area contributed by atoms with E-state index in [-0.39, 0.29) is 12.1 Å². The van der Waals surface area contributed by atoms with Gasteiger partial charge >= 0.3 is 0 Å². The molecule has 0 spiro atoms. The van der Waals surface area contributed by atoms with Crippen LogP contribution in [0.15, 0.2) is 12.1 Å². The summed E-state index contributed by atoms with van der Waals surface area (Å²) in [5, 5.41) is 8.70. The second-order valence-electron chi connectivity index (χ2n) is 2.56. The first kappa shape index (κ1) is 10.9. The molecule has 1 N–H and O–H groups in total. The lowest BCUT2D eigenvalue weighted by molar-refractivity contribution is -0.00985.